The largest absolute Gasteiger partial charge is 0.481 e. The average Bonchev–Trinajstić information content (AvgIpc) is 2.64. The van der Waals surface area contributed by atoms with Crippen LogP contribution in [0.2, 0.25) is 0 Å². The van der Waals surface area contributed by atoms with Gasteiger partial charge in [-0.1, -0.05) is 30.3 Å². The number of carboxylic acids is 1. The topological polar surface area (TPSA) is 46.5 Å². The third-order valence-electron chi connectivity index (χ3n) is 3.81. The molecule has 0 saturated heterocycles. The summed E-state index contributed by atoms with van der Waals surface area (Å²) in [5.74, 6) is 0.426. The summed E-state index contributed by atoms with van der Waals surface area (Å²) in [4.78, 5) is 11.1. The van der Waals surface area contributed by atoms with Gasteiger partial charge in [-0.15, -0.1) is 0 Å². The minimum Gasteiger partial charge on any atom is -0.481 e. The van der Waals surface area contributed by atoms with Crippen LogP contribution in [0.15, 0.2) is 42.5 Å². The number of ether oxygens (including phenoxy) is 1. The van der Waals surface area contributed by atoms with Gasteiger partial charge < -0.3 is 9.84 Å². The Morgan fingerprint density at radius 1 is 1.10 bits per heavy atom. The number of fused-ring (bicyclic) bond motifs is 2. The number of aliphatic carboxylic acids is 1. The second kappa shape index (κ2) is 5.00. The first-order valence-electron chi connectivity index (χ1n) is 6.76. The maximum Gasteiger partial charge on any atom is 0.310 e. The molecule has 1 aliphatic heterocycles. The van der Waals surface area contributed by atoms with Crippen LogP contribution in [0, 0.1) is 0 Å². The van der Waals surface area contributed by atoms with Gasteiger partial charge in [-0.3, -0.25) is 4.79 Å². The van der Waals surface area contributed by atoms with Gasteiger partial charge in [-0.2, -0.15) is 0 Å². The van der Waals surface area contributed by atoms with Crippen LogP contribution >= 0.6 is 0 Å². The van der Waals surface area contributed by atoms with Crippen molar-refractivity contribution in [2.75, 3.05) is 0 Å². The van der Waals surface area contributed by atoms with Gasteiger partial charge in [-0.25, -0.2) is 0 Å². The molecule has 1 unspecified atom stereocenters. The highest BCUT2D eigenvalue weighted by atomic mass is 16.5. The maximum atomic E-state index is 11.1. The Bertz CT molecular complexity index is 661. The highest BCUT2D eigenvalue weighted by Gasteiger charge is 2.18. The van der Waals surface area contributed by atoms with Crippen LogP contribution in [-0.2, 0) is 17.6 Å². The number of benzene rings is 2. The Labute approximate surface area is 117 Å². The van der Waals surface area contributed by atoms with Gasteiger partial charge in [0.25, 0.3) is 0 Å². The lowest BCUT2D eigenvalue weighted by atomic mass is 9.96. The molecule has 2 aromatic carbocycles. The number of hydrogen-bond donors (Lipinski definition) is 1. The molecule has 1 N–H and O–H groups in total. The molecule has 1 aliphatic rings. The molecule has 3 heteroatoms. The Morgan fingerprint density at radius 2 is 1.80 bits per heavy atom. The molecule has 1 heterocycles. The first-order chi connectivity index (χ1) is 9.65. The van der Waals surface area contributed by atoms with E-state index in [1.165, 1.54) is 5.56 Å². The Hall–Kier alpha value is -2.29. The van der Waals surface area contributed by atoms with Gasteiger partial charge >= 0.3 is 5.97 Å². The number of hydrogen-bond acceptors (Lipinski definition) is 2. The molecule has 0 spiro atoms. The zero-order chi connectivity index (χ0) is 14.1. The fourth-order valence-corrected chi connectivity index (χ4v) is 2.50. The Morgan fingerprint density at radius 3 is 2.60 bits per heavy atom. The van der Waals surface area contributed by atoms with E-state index in [4.69, 9.17) is 9.84 Å². The third kappa shape index (κ3) is 2.27. The minimum absolute atomic E-state index is 0.495. The summed E-state index contributed by atoms with van der Waals surface area (Å²) in [7, 11) is 0. The van der Waals surface area contributed by atoms with Crippen LogP contribution < -0.4 is 4.74 Å². The summed E-state index contributed by atoms with van der Waals surface area (Å²) in [6.45, 7) is 1.70. The van der Waals surface area contributed by atoms with Crippen molar-refractivity contribution >= 4 is 5.97 Å². The molecule has 2 aromatic rings. The molecule has 3 rings (SSSR count). The summed E-state index contributed by atoms with van der Waals surface area (Å²) < 4.78 is 5.95. The molecule has 0 fully saturated rings. The van der Waals surface area contributed by atoms with E-state index in [2.05, 4.69) is 6.07 Å². The van der Waals surface area contributed by atoms with Crippen LogP contribution in [0.25, 0.3) is 0 Å². The maximum absolute atomic E-state index is 11.1. The monoisotopic (exact) mass is 268 g/mol. The molecule has 0 saturated carbocycles. The van der Waals surface area contributed by atoms with Gasteiger partial charge in [0.1, 0.15) is 11.5 Å². The van der Waals surface area contributed by atoms with Crippen LogP contribution in [0.1, 0.15) is 29.5 Å². The van der Waals surface area contributed by atoms with E-state index in [0.717, 1.165) is 35.5 Å². The highest BCUT2D eigenvalue weighted by Crippen LogP contribution is 2.35. The molecule has 102 valence electrons. The number of para-hydroxylation sites is 1. The lowest BCUT2D eigenvalue weighted by Crippen LogP contribution is -2.07. The number of aryl methyl sites for hydroxylation is 2. The van der Waals surface area contributed by atoms with Crippen LogP contribution in [0.4, 0.5) is 0 Å². The van der Waals surface area contributed by atoms with E-state index in [-0.39, 0.29) is 0 Å². The van der Waals surface area contributed by atoms with Crippen LogP contribution in [-0.4, -0.2) is 11.1 Å². The van der Waals surface area contributed by atoms with E-state index in [9.17, 15) is 4.79 Å². The zero-order valence-corrected chi connectivity index (χ0v) is 11.3. The normalized spacial score (nSPS) is 14.4. The van der Waals surface area contributed by atoms with Gasteiger partial charge in [0, 0.05) is 0 Å². The van der Waals surface area contributed by atoms with E-state index in [0.29, 0.717) is 0 Å². The summed E-state index contributed by atoms with van der Waals surface area (Å²) in [5, 5.41) is 9.11. The van der Waals surface area contributed by atoms with E-state index in [1.807, 2.05) is 36.4 Å². The number of carbonyl (C=O) groups is 1. The first kappa shape index (κ1) is 12.7. The molecule has 0 amide bonds. The lowest BCUT2D eigenvalue weighted by molar-refractivity contribution is -0.138. The van der Waals surface area contributed by atoms with Crippen molar-refractivity contribution in [1.29, 1.82) is 0 Å². The van der Waals surface area contributed by atoms with Crippen molar-refractivity contribution < 1.29 is 14.6 Å². The fraction of sp³-hybridized carbons (Fsp3) is 0.235. The fourth-order valence-electron chi connectivity index (χ4n) is 2.50. The van der Waals surface area contributed by atoms with Crippen LogP contribution in [0.5, 0.6) is 11.5 Å². The van der Waals surface area contributed by atoms with Crippen molar-refractivity contribution in [1.82, 2.24) is 0 Å². The second-order valence-corrected chi connectivity index (χ2v) is 5.14. The predicted molar refractivity (Wildman–Crippen MR) is 76.4 cm³/mol. The van der Waals surface area contributed by atoms with Gasteiger partial charge in [0.15, 0.2) is 0 Å². The average molecular weight is 268 g/mol. The smallest absolute Gasteiger partial charge is 0.310 e. The molecule has 1 atom stereocenters. The van der Waals surface area contributed by atoms with E-state index >= 15 is 0 Å². The first-order valence-corrected chi connectivity index (χ1v) is 6.76. The quantitative estimate of drug-likeness (QED) is 0.902. The summed E-state index contributed by atoms with van der Waals surface area (Å²) in [6, 6.07) is 13.7. The Balaban J connectivity index is 1.97. The summed E-state index contributed by atoms with van der Waals surface area (Å²) in [6.07, 6.45) is 1.78. The van der Waals surface area contributed by atoms with E-state index < -0.39 is 11.9 Å². The lowest BCUT2D eigenvalue weighted by Gasteiger charge is -2.12. The van der Waals surface area contributed by atoms with Crippen LogP contribution in [0.3, 0.4) is 0 Å². The number of rotatable bonds is 2. The van der Waals surface area contributed by atoms with Gasteiger partial charge in [-0.05, 0) is 48.6 Å². The molecule has 0 aliphatic carbocycles. The minimum atomic E-state index is -0.803. The molecule has 0 bridgehead atoms. The van der Waals surface area contributed by atoms with Crippen molar-refractivity contribution in [3.63, 3.8) is 0 Å². The highest BCUT2D eigenvalue weighted by molar-refractivity contribution is 5.75. The molecule has 3 nitrogen and oxygen atoms in total. The molecule has 0 aromatic heterocycles. The number of carboxylic acid groups (broad SMARTS) is 1. The molecular formula is C17H16O3. The molecule has 20 heavy (non-hydrogen) atoms. The zero-order valence-electron chi connectivity index (χ0n) is 11.3. The van der Waals surface area contributed by atoms with Gasteiger partial charge in [0.05, 0.1) is 5.92 Å². The third-order valence-corrected chi connectivity index (χ3v) is 3.81. The summed E-state index contributed by atoms with van der Waals surface area (Å²) in [5.41, 5.74) is 3.09. The molecule has 0 radical (unpaired) electrons. The SMILES string of the molecule is CC(C(=O)O)c1ccc2c(c1)CCc1ccccc1O2. The predicted octanol–water partition coefficient (Wildman–Crippen LogP) is 3.77. The van der Waals surface area contributed by atoms with Crippen molar-refractivity contribution in [2.45, 2.75) is 25.7 Å². The standard InChI is InChI=1S/C17H16O3/c1-11(17(18)19)13-8-9-16-14(10-13)7-6-12-4-2-3-5-15(12)20-16/h2-5,8-11H,6-7H2,1H3,(H,18,19). The van der Waals surface area contributed by atoms with Crippen molar-refractivity contribution in [2.24, 2.45) is 0 Å². The van der Waals surface area contributed by atoms with Crippen molar-refractivity contribution in [3.05, 3.63) is 59.2 Å². The Kier molecular flexibility index (Phi) is 3.18. The van der Waals surface area contributed by atoms with E-state index in [1.54, 1.807) is 6.92 Å². The summed E-state index contributed by atoms with van der Waals surface area (Å²) >= 11 is 0. The second-order valence-electron chi connectivity index (χ2n) is 5.14. The van der Waals surface area contributed by atoms with Gasteiger partial charge in [0.2, 0.25) is 0 Å². The molecular weight excluding hydrogens is 252 g/mol. The van der Waals surface area contributed by atoms with Crippen molar-refractivity contribution in [3.8, 4) is 11.5 Å².